The zero-order valence-electron chi connectivity index (χ0n) is 8.60. The van der Waals surface area contributed by atoms with E-state index in [1.54, 1.807) is 0 Å². The van der Waals surface area contributed by atoms with Gasteiger partial charge in [0.2, 0.25) is 0 Å². The van der Waals surface area contributed by atoms with E-state index in [-0.39, 0.29) is 17.0 Å². The second kappa shape index (κ2) is 3.80. The maximum atomic E-state index is 12.6. The lowest BCUT2D eigenvalue weighted by molar-refractivity contribution is -0.164. The highest BCUT2D eigenvalue weighted by Gasteiger charge is 2.39. The van der Waals surface area contributed by atoms with E-state index in [1.807, 2.05) is 0 Å². The van der Waals surface area contributed by atoms with E-state index in [1.165, 1.54) is 0 Å². The first-order valence-electron chi connectivity index (χ1n) is 4.54. The third-order valence-electron chi connectivity index (χ3n) is 2.24. The van der Waals surface area contributed by atoms with Crippen LogP contribution < -0.4 is 11.3 Å². The van der Waals surface area contributed by atoms with Crippen LogP contribution in [0, 0.1) is 0 Å². The van der Waals surface area contributed by atoms with Crippen LogP contribution in [0.15, 0.2) is 6.33 Å². The summed E-state index contributed by atoms with van der Waals surface area (Å²) >= 11 is 0. The number of hydrogen-bond donors (Lipinski definition) is 2. The standard InChI is InChI=1S/C7H8F3N7/c1-3(7(8,9)10)17-6-4(15-16-17)5(14-11)12-2-13-6/h2-3H,11H2,1H3,(H,12,13,14). The van der Waals surface area contributed by atoms with Crippen LogP contribution in [-0.2, 0) is 0 Å². The Morgan fingerprint density at radius 3 is 2.71 bits per heavy atom. The Morgan fingerprint density at radius 1 is 1.41 bits per heavy atom. The van der Waals surface area contributed by atoms with Crippen LogP contribution in [0.4, 0.5) is 19.0 Å². The van der Waals surface area contributed by atoms with Gasteiger partial charge in [-0.1, -0.05) is 5.21 Å². The third-order valence-corrected chi connectivity index (χ3v) is 2.24. The van der Waals surface area contributed by atoms with E-state index in [0.717, 1.165) is 13.3 Å². The summed E-state index contributed by atoms with van der Waals surface area (Å²) in [4.78, 5) is 7.43. The molecule has 3 N–H and O–H groups in total. The minimum absolute atomic E-state index is 0.0298. The van der Waals surface area contributed by atoms with Crippen molar-refractivity contribution in [1.82, 2.24) is 25.0 Å². The topological polar surface area (TPSA) is 94.5 Å². The van der Waals surface area contributed by atoms with Gasteiger partial charge >= 0.3 is 6.18 Å². The molecule has 0 saturated heterocycles. The monoisotopic (exact) mass is 247 g/mol. The number of halogens is 3. The molecule has 7 nitrogen and oxygen atoms in total. The molecule has 2 aromatic heterocycles. The maximum Gasteiger partial charge on any atom is 0.410 e. The normalized spacial score (nSPS) is 13.9. The molecule has 0 fully saturated rings. The predicted octanol–water partition coefficient (Wildman–Crippen LogP) is 0.630. The molecule has 1 unspecified atom stereocenters. The highest BCUT2D eigenvalue weighted by atomic mass is 19.4. The van der Waals surface area contributed by atoms with Crippen molar-refractivity contribution in [3.05, 3.63) is 6.33 Å². The molecular weight excluding hydrogens is 239 g/mol. The van der Waals surface area contributed by atoms with Gasteiger partial charge in [0, 0.05) is 0 Å². The first kappa shape index (κ1) is 11.5. The van der Waals surface area contributed by atoms with Crippen LogP contribution in [0.5, 0.6) is 0 Å². The predicted molar refractivity (Wildman–Crippen MR) is 51.7 cm³/mol. The van der Waals surface area contributed by atoms with Crippen LogP contribution in [0.1, 0.15) is 13.0 Å². The third kappa shape index (κ3) is 1.86. The Bertz CT molecular complexity index is 534. The molecule has 10 heteroatoms. The number of alkyl halides is 3. The zero-order chi connectivity index (χ0) is 12.6. The summed E-state index contributed by atoms with van der Waals surface area (Å²) in [7, 11) is 0. The van der Waals surface area contributed by atoms with Crippen molar-refractivity contribution in [2.24, 2.45) is 5.84 Å². The summed E-state index contributed by atoms with van der Waals surface area (Å²) in [6.45, 7) is 0.964. The quantitative estimate of drug-likeness (QED) is 0.597. The van der Waals surface area contributed by atoms with Crippen LogP contribution in [0.25, 0.3) is 11.2 Å². The van der Waals surface area contributed by atoms with Gasteiger partial charge in [-0.2, -0.15) is 13.2 Å². The lowest BCUT2D eigenvalue weighted by Gasteiger charge is -2.15. The van der Waals surface area contributed by atoms with Gasteiger partial charge in [0.05, 0.1) is 0 Å². The Balaban J connectivity index is 2.58. The molecular formula is C7H8F3N7. The van der Waals surface area contributed by atoms with Gasteiger partial charge in [-0.25, -0.2) is 20.5 Å². The number of aromatic nitrogens is 5. The molecule has 0 saturated carbocycles. The summed E-state index contributed by atoms with van der Waals surface area (Å²) in [6.07, 6.45) is -3.34. The summed E-state index contributed by atoms with van der Waals surface area (Å²) in [5.41, 5.74) is 2.27. The zero-order valence-corrected chi connectivity index (χ0v) is 8.60. The van der Waals surface area contributed by atoms with Crippen LogP contribution in [-0.4, -0.2) is 31.1 Å². The Morgan fingerprint density at radius 2 is 2.12 bits per heavy atom. The largest absolute Gasteiger partial charge is 0.410 e. The SMILES string of the molecule is CC(n1nnc2c(NN)ncnc21)C(F)(F)F. The summed E-state index contributed by atoms with van der Waals surface area (Å²) < 4.78 is 38.3. The lowest BCUT2D eigenvalue weighted by Crippen LogP contribution is -2.25. The lowest BCUT2D eigenvalue weighted by atomic mass is 10.3. The van der Waals surface area contributed by atoms with E-state index in [2.05, 4.69) is 25.7 Å². The van der Waals surface area contributed by atoms with Crippen molar-refractivity contribution in [2.45, 2.75) is 19.1 Å². The van der Waals surface area contributed by atoms with Crippen molar-refractivity contribution in [1.29, 1.82) is 0 Å². The molecule has 0 spiro atoms. The maximum absolute atomic E-state index is 12.6. The van der Waals surface area contributed by atoms with Crippen molar-refractivity contribution < 1.29 is 13.2 Å². The van der Waals surface area contributed by atoms with Gasteiger partial charge in [-0.15, -0.1) is 5.10 Å². The van der Waals surface area contributed by atoms with Crippen LogP contribution in [0.2, 0.25) is 0 Å². The van der Waals surface area contributed by atoms with Gasteiger partial charge in [0.1, 0.15) is 12.4 Å². The number of nitrogens with two attached hydrogens (primary N) is 1. The first-order chi connectivity index (χ1) is 7.95. The smallest absolute Gasteiger partial charge is 0.306 e. The summed E-state index contributed by atoms with van der Waals surface area (Å²) in [5.74, 6) is 5.27. The number of nitrogen functional groups attached to an aromatic ring is 1. The van der Waals surface area contributed by atoms with Crippen molar-refractivity contribution in [2.75, 3.05) is 5.43 Å². The van der Waals surface area contributed by atoms with E-state index in [0.29, 0.717) is 4.68 Å². The van der Waals surface area contributed by atoms with E-state index in [9.17, 15) is 13.2 Å². The minimum Gasteiger partial charge on any atom is -0.306 e. The van der Waals surface area contributed by atoms with Crippen molar-refractivity contribution >= 4 is 17.0 Å². The molecule has 2 rings (SSSR count). The molecule has 0 aliphatic carbocycles. The number of nitrogens with zero attached hydrogens (tertiary/aromatic N) is 5. The summed E-state index contributed by atoms with van der Waals surface area (Å²) in [5, 5.41) is 6.99. The highest BCUT2D eigenvalue weighted by molar-refractivity contribution is 5.81. The molecule has 92 valence electrons. The minimum atomic E-state index is -4.43. The molecule has 2 aromatic rings. The van der Waals surface area contributed by atoms with Crippen molar-refractivity contribution in [3.63, 3.8) is 0 Å². The Hall–Kier alpha value is -1.97. The average molecular weight is 247 g/mol. The van der Waals surface area contributed by atoms with Gasteiger partial charge < -0.3 is 5.43 Å². The molecule has 1 atom stereocenters. The fourth-order valence-electron chi connectivity index (χ4n) is 1.27. The number of fused-ring (bicyclic) bond motifs is 1. The molecule has 0 bridgehead atoms. The highest BCUT2D eigenvalue weighted by Crippen LogP contribution is 2.31. The molecule has 0 aliphatic heterocycles. The molecule has 0 amide bonds. The second-order valence-electron chi connectivity index (χ2n) is 3.29. The molecule has 0 aliphatic rings. The van der Waals surface area contributed by atoms with Crippen LogP contribution in [0.3, 0.4) is 0 Å². The van der Waals surface area contributed by atoms with Crippen molar-refractivity contribution in [3.8, 4) is 0 Å². The number of hydrogen-bond acceptors (Lipinski definition) is 6. The first-order valence-corrected chi connectivity index (χ1v) is 4.54. The van der Waals surface area contributed by atoms with Gasteiger partial charge in [0.15, 0.2) is 17.0 Å². The molecule has 17 heavy (non-hydrogen) atoms. The van der Waals surface area contributed by atoms with E-state index >= 15 is 0 Å². The summed E-state index contributed by atoms with van der Waals surface area (Å²) in [6, 6.07) is -1.83. The van der Waals surface area contributed by atoms with Gasteiger partial charge in [-0.05, 0) is 6.92 Å². The second-order valence-corrected chi connectivity index (χ2v) is 3.29. The van der Waals surface area contributed by atoms with Crippen LogP contribution >= 0.6 is 0 Å². The fraction of sp³-hybridized carbons (Fsp3) is 0.429. The fourth-order valence-corrected chi connectivity index (χ4v) is 1.27. The van der Waals surface area contributed by atoms with Gasteiger partial charge in [-0.3, -0.25) is 0 Å². The van der Waals surface area contributed by atoms with E-state index < -0.39 is 12.2 Å². The molecule has 0 aromatic carbocycles. The average Bonchev–Trinajstić information content (AvgIpc) is 2.69. The van der Waals surface area contributed by atoms with Gasteiger partial charge in [0.25, 0.3) is 0 Å². The number of nitrogens with one attached hydrogen (secondary N) is 1. The Labute approximate surface area is 92.8 Å². The Kier molecular flexibility index (Phi) is 2.58. The van der Waals surface area contributed by atoms with E-state index in [4.69, 9.17) is 5.84 Å². The number of rotatable bonds is 2. The number of anilines is 1. The molecule has 2 heterocycles. The molecule has 0 radical (unpaired) electrons. The number of hydrazine groups is 1.